The molecule has 0 aliphatic rings. The van der Waals surface area contributed by atoms with Crippen molar-refractivity contribution in [3.8, 4) is 22.3 Å². The molecule has 0 aliphatic carbocycles. The van der Waals surface area contributed by atoms with Crippen molar-refractivity contribution in [1.29, 1.82) is 0 Å². The number of nitrogens with zero attached hydrogens (tertiary/aromatic N) is 2. The van der Waals surface area contributed by atoms with Gasteiger partial charge in [-0.2, -0.15) is 4.98 Å². The van der Waals surface area contributed by atoms with Crippen molar-refractivity contribution in [3.05, 3.63) is 53.2 Å². The summed E-state index contributed by atoms with van der Waals surface area (Å²) in [7, 11) is 2.87. The van der Waals surface area contributed by atoms with Crippen LogP contribution in [0, 0.1) is 0 Å². The lowest BCUT2D eigenvalue weighted by atomic mass is 10.2. The van der Waals surface area contributed by atoms with Gasteiger partial charge in [-0.25, -0.2) is 4.79 Å². The molecule has 3 rings (SSSR count). The van der Waals surface area contributed by atoms with Crippen molar-refractivity contribution in [2.24, 2.45) is 0 Å². The molecule has 2 aromatic heterocycles. The highest BCUT2D eigenvalue weighted by Crippen LogP contribution is 2.29. The van der Waals surface area contributed by atoms with Crippen LogP contribution in [0.5, 0.6) is 11.5 Å². The molecule has 8 heteroatoms. The maximum Gasteiger partial charge on any atom is 0.330 e. The monoisotopic (exact) mass is 372 g/mol. The smallest absolute Gasteiger partial charge is 0.330 e. The van der Waals surface area contributed by atoms with Crippen LogP contribution in [0.2, 0.25) is 0 Å². The molecule has 2 heterocycles. The number of ether oxygens (including phenoxy) is 3. The van der Waals surface area contributed by atoms with Gasteiger partial charge in [-0.1, -0.05) is 17.3 Å². The molecule has 0 saturated heterocycles. The van der Waals surface area contributed by atoms with Crippen molar-refractivity contribution in [2.75, 3.05) is 14.2 Å². The lowest BCUT2D eigenvalue weighted by Gasteiger charge is -2.09. The summed E-state index contributed by atoms with van der Waals surface area (Å²) in [5.74, 6) is 1.53. The van der Waals surface area contributed by atoms with Crippen LogP contribution in [0.1, 0.15) is 11.4 Å². The summed E-state index contributed by atoms with van der Waals surface area (Å²) in [5, 5.41) is 5.85. The largest absolute Gasteiger partial charge is 0.493 e. The average molecular weight is 372 g/mol. The number of hydrogen-bond acceptors (Lipinski definition) is 8. The first-order valence-electron chi connectivity index (χ1n) is 7.63. The van der Waals surface area contributed by atoms with Crippen LogP contribution in [0.4, 0.5) is 0 Å². The molecular weight excluding hydrogens is 356 g/mol. The summed E-state index contributed by atoms with van der Waals surface area (Å²) >= 11 is 1.52. The SMILES string of the molecule is COC(=O)/C=C/c1ccc(OCc2noc(-c3cccs3)n2)c(OC)c1. The molecule has 7 nitrogen and oxygen atoms in total. The zero-order valence-electron chi connectivity index (χ0n) is 14.2. The Bertz CT molecular complexity index is 902. The Labute approximate surface area is 153 Å². The van der Waals surface area contributed by atoms with Crippen LogP contribution < -0.4 is 9.47 Å². The predicted molar refractivity (Wildman–Crippen MR) is 96.0 cm³/mol. The topological polar surface area (TPSA) is 83.7 Å². The Hall–Kier alpha value is -3.13. The summed E-state index contributed by atoms with van der Waals surface area (Å²) < 4.78 is 20.8. The molecule has 0 spiro atoms. The molecule has 26 heavy (non-hydrogen) atoms. The highest BCUT2D eigenvalue weighted by Gasteiger charge is 2.11. The molecular formula is C18H16N2O5S. The first-order chi connectivity index (χ1) is 12.7. The number of esters is 1. The minimum Gasteiger partial charge on any atom is -0.493 e. The van der Waals surface area contributed by atoms with Crippen LogP contribution in [0.15, 0.2) is 46.3 Å². The molecule has 0 N–H and O–H groups in total. The zero-order valence-corrected chi connectivity index (χ0v) is 15.0. The van der Waals surface area contributed by atoms with E-state index in [1.165, 1.54) is 24.5 Å². The number of carbonyl (C=O) groups excluding carboxylic acids is 1. The molecule has 0 amide bonds. The van der Waals surface area contributed by atoms with Gasteiger partial charge in [0.1, 0.15) is 0 Å². The van der Waals surface area contributed by atoms with E-state index in [-0.39, 0.29) is 6.61 Å². The highest BCUT2D eigenvalue weighted by molar-refractivity contribution is 7.13. The minimum absolute atomic E-state index is 0.141. The number of carbonyl (C=O) groups is 1. The molecule has 0 radical (unpaired) electrons. The highest BCUT2D eigenvalue weighted by atomic mass is 32.1. The lowest BCUT2D eigenvalue weighted by molar-refractivity contribution is -0.134. The Balaban J connectivity index is 1.68. The summed E-state index contributed by atoms with van der Waals surface area (Å²) in [6.07, 6.45) is 2.96. The molecule has 134 valence electrons. The number of hydrogen-bond donors (Lipinski definition) is 0. The van der Waals surface area contributed by atoms with Crippen molar-refractivity contribution in [3.63, 3.8) is 0 Å². The third-order valence-corrected chi connectivity index (χ3v) is 4.22. The third kappa shape index (κ3) is 4.28. The van der Waals surface area contributed by atoms with Crippen molar-refractivity contribution >= 4 is 23.4 Å². The van der Waals surface area contributed by atoms with Gasteiger partial charge < -0.3 is 18.7 Å². The summed E-state index contributed by atoms with van der Waals surface area (Å²) in [4.78, 5) is 16.4. The van der Waals surface area contributed by atoms with Gasteiger partial charge in [0.15, 0.2) is 18.1 Å². The van der Waals surface area contributed by atoms with Crippen LogP contribution in [0.25, 0.3) is 16.8 Å². The first-order valence-corrected chi connectivity index (χ1v) is 8.51. The fourth-order valence-corrected chi connectivity index (χ4v) is 2.74. The molecule has 0 unspecified atom stereocenters. The fraction of sp³-hybridized carbons (Fsp3) is 0.167. The first kappa shape index (κ1) is 17.7. The van der Waals surface area contributed by atoms with E-state index in [4.69, 9.17) is 14.0 Å². The second-order valence-corrected chi connectivity index (χ2v) is 6.00. The maximum absolute atomic E-state index is 11.2. The maximum atomic E-state index is 11.2. The molecule has 0 fully saturated rings. The van der Waals surface area contributed by atoms with E-state index in [9.17, 15) is 4.79 Å². The van der Waals surface area contributed by atoms with Gasteiger partial charge in [0.05, 0.1) is 19.1 Å². The molecule has 3 aromatic rings. The number of methoxy groups -OCH3 is 2. The number of thiophene rings is 1. The molecule has 0 saturated carbocycles. The summed E-state index contributed by atoms with van der Waals surface area (Å²) in [6, 6.07) is 9.12. The van der Waals surface area contributed by atoms with Gasteiger partial charge in [0.2, 0.25) is 5.82 Å². The van der Waals surface area contributed by atoms with E-state index in [0.717, 1.165) is 10.4 Å². The van der Waals surface area contributed by atoms with E-state index in [0.29, 0.717) is 23.2 Å². The van der Waals surface area contributed by atoms with Gasteiger partial charge in [-0.05, 0) is 35.2 Å². The number of benzene rings is 1. The van der Waals surface area contributed by atoms with E-state index in [1.807, 2.05) is 17.5 Å². The second-order valence-electron chi connectivity index (χ2n) is 5.05. The van der Waals surface area contributed by atoms with Gasteiger partial charge in [-0.3, -0.25) is 0 Å². The average Bonchev–Trinajstić information content (AvgIpc) is 3.36. The lowest BCUT2D eigenvalue weighted by Crippen LogP contribution is -1.99. The fourth-order valence-electron chi connectivity index (χ4n) is 2.09. The standard InChI is InChI=1S/C18H16N2O5S/c1-22-14-10-12(6-8-17(21)23-2)5-7-13(14)24-11-16-19-18(25-20-16)15-4-3-9-26-15/h3-10H,11H2,1-2H3/b8-6+. The molecule has 1 aromatic carbocycles. The molecule has 0 atom stereocenters. The van der Waals surface area contributed by atoms with E-state index in [1.54, 1.807) is 31.4 Å². The Morgan fingerprint density at radius 2 is 2.15 bits per heavy atom. The van der Waals surface area contributed by atoms with Gasteiger partial charge in [0.25, 0.3) is 5.89 Å². The van der Waals surface area contributed by atoms with E-state index < -0.39 is 5.97 Å². The minimum atomic E-state index is -0.428. The van der Waals surface area contributed by atoms with Crippen LogP contribution in [-0.4, -0.2) is 30.3 Å². The quantitative estimate of drug-likeness (QED) is 0.463. The van der Waals surface area contributed by atoms with Crippen molar-refractivity contribution < 1.29 is 23.5 Å². The van der Waals surface area contributed by atoms with Crippen LogP contribution in [-0.2, 0) is 16.1 Å². The van der Waals surface area contributed by atoms with Crippen LogP contribution in [0.3, 0.4) is 0 Å². The van der Waals surface area contributed by atoms with Gasteiger partial charge in [-0.15, -0.1) is 11.3 Å². The Morgan fingerprint density at radius 1 is 1.27 bits per heavy atom. The zero-order chi connectivity index (χ0) is 18.4. The Kier molecular flexibility index (Phi) is 5.65. The third-order valence-electron chi connectivity index (χ3n) is 3.36. The van der Waals surface area contributed by atoms with Crippen molar-refractivity contribution in [1.82, 2.24) is 10.1 Å². The molecule has 0 bridgehead atoms. The van der Waals surface area contributed by atoms with E-state index in [2.05, 4.69) is 14.9 Å². The Morgan fingerprint density at radius 3 is 2.88 bits per heavy atom. The van der Waals surface area contributed by atoms with Gasteiger partial charge >= 0.3 is 5.97 Å². The second kappa shape index (κ2) is 8.30. The predicted octanol–water partition coefficient (Wildman–Crippen LogP) is 3.57. The number of rotatable bonds is 7. The summed E-state index contributed by atoms with van der Waals surface area (Å²) in [5.41, 5.74) is 0.777. The summed E-state index contributed by atoms with van der Waals surface area (Å²) in [6.45, 7) is 0.141. The van der Waals surface area contributed by atoms with E-state index >= 15 is 0 Å². The normalized spacial score (nSPS) is 10.8. The number of aromatic nitrogens is 2. The van der Waals surface area contributed by atoms with Crippen molar-refractivity contribution in [2.45, 2.75) is 6.61 Å². The van der Waals surface area contributed by atoms with Crippen LogP contribution >= 0.6 is 11.3 Å². The molecule has 0 aliphatic heterocycles. The van der Waals surface area contributed by atoms with Gasteiger partial charge in [0, 0.05) is 6.08 Å².